The maximum atomic E-state index is 5.29. The molecule has 0 fully saturated rings. The number of nitrogens with two attached hydrogens (primary N) is 1. The van der Waals surface area contributed by atoms with Crippen molar-refractivity contribution >= 4 is 0 Å². The molecular formula is C8H19N3. The minimum Gasteiger partial charge on any atom is -0.329 e. The van der Waals surface area contributed by atoms with E-state index in [9.17, 15) is 0 Å². The Bertz CT molecular complexity index is 102. The molecule has 0 rings (SSSR count). The number of hydrogen-bond donors (Lipinski definition) is 3. The van der Waals surface area contributed by atoms with Crippen molar-refractivity contribution in [1.29, 1.82) is 0 Å². The van der Waals surface area contributed by atoms with Crippen LogP contribution >= 0.6 is 0 Å². The van der Waals surface area contributed by atoms with Crippen molar-refractivity contribution in [3.8, 4) is 0 Å². The van der Waals surface area contributed by atoms with E-state index in [1.807, 2.05) is 6.92 Å². The number of nitrogens with one attached hydrogen (secondary N) is 2. The average Bonchev–Trinajstić information content (AvgIpc) is 1.96. The molecule has 0 aromatic rings. The monoisotopic (exact) mass is 157 g/mol. The van der Waals surface area contributed by atoms with Gasteiger partial charge in [-0.1, -0.05) is 12.2 Å². The van der Waals surface area contributed by atoms with Gasteiger partial charge in [-0.15, -0.1) is 0 Å². The van der Waals surface area contributed by atoms with Crippen LogP contribution in [0.1, 0.15) is 6.92 Å². The summed E-state index contributed by atoms with van der Waals surface area (Å²) in [5.41, 5.74) is 6.46. The molecule has 0 spiro atoms. The summed E-state index contributed by atoms with van der Waals surface area (Å²) in [6.07, 6.45) is 0. The van der Waals surface area contributed by atoms with Crippen LogP contribution < -0.4 is 16.4 Å². The van der Waals surface area contributed by atoms with E-state index in [4.69, 9.17) is 5.73 Å². The van der Waals surface area contributed by atoms with E-state index in [-0.39, 0.29) is 0 Å². The van der Waals surface area contributed by atoms with Crippen LogP contribution in [-0.4, -0.2) is 32.7 Å². The molecule has 0 bridgehead atoms. The van der Waals surface area contributed by atoms with Gasteiger partial charge in [0.25, 0.3) is 0 Å². The van der Waals surface area contributed by atoms with Gasteiger partial charge in [-0.2, -0.15) is 0 Å². The van der Waals surface area contributed by atoms with Gasteiger partial charge in [0.2, 0.25) is 0 Å². The van der Waals surface area contributed by atoms with Crippen molar-refractivity contribution in [3.05, 3.63) is 12.2 Å². The lowest BCUT2D eigenvalue weighted by Crippen LogP contribution is -2.31. The Balaban J connectivity index is 2.85. The molecular weight excluding hydrogens is 138 g/mol. The summed E-state index contributed by atoms with van der Waals surface area (Å²) in [4.78, 5) is 0. The summed E-state index contributed by atoms with van der Waals surface area (Å²) < 4.78 is 0. The van der Waals surface area contributed by atoms with Crippen LogP contribution in [0.5, 0.6) is 0 Å². The Hall–Kier alpha value is -0.380. The van der Waals surface area contributed by atoms with Crippen LogP contribution in [0.2, 0.25) is 0 Å². The molecule has 3 heteroatoms. The van der Waals surface area contributed by atoms with Crippen LogP contribution in [0.25, 0.3) is 0 Å². The topological polar surface area (TPSA) is 50.1 Å². The Kier molecular flexibility index (Phi) is 7.46. The Labute approximate surface area is 69.0 Å². The van der Waals surface area contributed by atoms with Crippen LogP contribution in [-0.2, 0) is 0 Å². The number of hydrogen-bond acceptors (Lipinski definition) is 3. The molecule has 0 aliphatic rings. The molecule has 0 aromatic heterocycles. The molecule has 0 atom stereocenters. The van der Waals surface area contributed by atoms with Gasteiger partial charge < -0.3 is 16.4 Å². The van der Waals surface area contributed by atoms with E-state index in [0.717, 1.165) is 26.2 Å². The molecule has 66 valence electrons. The van der Waals surface area contributed by atoms with E-state index < -0.39 is 0 Å². The third-order valence-corrected chi connectivity index (χ3v) is 1.23. The first-order valence-corrected chi connectivity index (χ1v) is 4.03. The van der Waals surface area contributed by atoms with Crippen molar-refractivity contribution in [2.75, 3.05) is 32.7 Å². The fourth-order valence-electron chi connectivity index (χ4n) is 0.706. The Morgan fingerprint density at radius 3 is 2.45 bits per heavy atom. The van der Waals surface area contributed by atoms with Crippen molar-refractivity contribution < 1.29 is 0 Å². The molecule has 0 radical (unpaired) electrons. The molecule has 4 N–H and O–H groups in total. The molecule has 11 heavy (non-hydrogen) atoms. The molecule has 0 aromatic carbocycles. The highest BCUT2D eigenvalue weighted by Crippen LogP contribution is 1.79. The highest BCUT2D eigenvalue weighted by atomic mass is 14.9. The van der Waals surface area contributed by atoms with Crippen molar-refractivity contribution in [2.45, 2.75) is 6.92 Å². The van der Waals surface area contributed by atoms with E-state index in [0.29, 0.717) is 6.54 Å². The third kappa shape index (κ3) is 9.62. The molecule has 0 aliphatic heterocycles. The maximum absolute atomic E-state index is 5.29. The summed E-state index contributed by atoms with van der Waals surface area (Å²) in [7, 11) is 0. The minimum atomic E-state index is 0.709. The zero-order chi connectivity index (χ0) is 8.53. The standard InChI is InChI=1S/C8H19N3/c1-8(2)7-11-6-5-10-4-3-9/h10-11H,1,3-7,9H2,2H3. The predicted molar refractivity (Wildman–Crippen MR) is 49.6 cm³/mol. The maximum Gasteiger partial charge on any atom is 0.0159 e. The van der Waals surface area contributed by atoms with E-state index in [1.54, 1.807) is 0 Å². The first-order chi connectivity index (χ1) is 5.27. The lowest BCUT2D eigenvalue weighted by Gasteiger charge is -2.04. The summed E-state index contributed by atoms with van der Waals surface area (Å²) in [5, 5.41) is 6.43. The van der Waals surface area contributed by atoms with E-state index in [1.165, 1.54) is 5.57 Å². The Morgan fingerprint density at radius 2 is 1.91 bits per heavy atom. The molecule has 0 amide bonds. The normalized spacial score (nSPS) is 10.0. The van der Waals surface area contributed by atoms with Gasteiger partial charge in [0.05, 0.1) is 0 Å². The fourth-order valence-corrected chi connectivity index (χ4v) is 0.706. The molecule has 0 aliphatic carbocycles. The zero-order valence-corrected chi connectivity index (χ0v) is 7.32. The quantitative estimate of drug-likeness (QED) is 0.351. The third-order valence-electron chi connectivity index (χ3n) is 1.23. The molecule has 0 saturated heterocycles. The summed E-state index contributed by atoms with van der Waals surface area (Å²) in [6.45, 7) is 10.3. The summed E-state index contributed by atoms with van der Waals surface area (Å²) in [6, 6.07) is 0. The molecule has 0 unspecified atom stereocenters. The van der Waals surface area contributed by atoms with E-state index in [2.05, 4.69) is 17.2 Å². The second kappa shape index (κ2) is 7.72. The summed E-state index contributed by atoms with van der Waals surface area (Å²) in [5.74, 6) is 0. The van der Waals surface area contributed by atoms with Crippen LogP contribution in [0.4, 0.5) is 0 Å². The second-order valence-electron chi connectivity index (χ2n) is 2.67. The van der Waals surface area contributed by atoms with Gasteiger partial charge >= 0.3 is 0 Å². The highest BCUT2D eigenvalue weighted by Gasteiger charge is 1.86. The van der Waals surface area contributed by atoms with Crippen molar-refractivity contribution in [2.24, 2.45) is 5.73 Å². The largest absolute Gasteiger partial charge is 0.329 e. The zero-order valence-electron chi connectivity index (χ0n) is 7.32. The van der Waals surface area contributed by atoms with Gasteiger partial charge in [0.15, 0.2) is 0 Å². The highest BCUT2D eigenvalue weighted by molar-refractivity contribution is 4.90. The van der Waals surface area contributed by atoms with E-state index >= 15 is 0 Å². The first-order valence-electron chi connectivity index (χ1n) is 4.03. The SMILES string of the molecule is C=C(C)CNCCNCCN. The van der Waals surface area contributed by atoms with Gasteiger partial charge in [-0.05, 0) is 6.92 Å². The summed E-state index contributed by atoms with van der Waals surface area (Å²) >= 11 is 0. The lowest BCUT2D eigenvalue weighted by molar-refractivity contribution is 0.634. The Morgan fingerprint density at radius 1 is 1.27 bits per heavy atom. The predicted octanol–water partition coefficient (Wildman–Crippen LogP) is -0.300. The van der Waals surface area contributed by atoms with Crippen LogP contribution in [0.3, 0.4) is 0 Å². The molecule has 0 saturated carbocycles. The molecule has 0 heterocycles. The fraction of sp³-hybridized carbons (Fsp3) is 0.750. The van der Waals surface area contributed by atoms with Gasteiger partial charge in [0, 0.05) is 32.7 Å². The van der Waals surface area contributed by atoms with Crippen LogP contribution in [0.15, 0.2) is 12.2 Å². The lowest BCUT2D eigenvalue weighted by atomic mass is 10.3. The van der Waals surface area contributed by atoms with Gasteiger partial charge in [0.1, 0.15) is 0 Å². The van der Waals surface area contributed by atoms with Crippen molar-refractivity contribution in [3.63, 3.8) is 0 Å². The number of rotatable bonds is 7. The average molecular weight is 157 g/mol. The molecule has 3 nitrogen and oxygen atoms in total. The first kappa shape index (κ1) is 10.6. The van der Waals surface area contributed by atoms with Crippen LogP contribution in [0, 0.1) is 0 Å². The van der Waals surface area contributed by atoms with Gasteiger partial charge in [-0.25, -0.2) is 0 Å². The van der Waals surface area contributed by atoms with Crippen molar-refractivity contribution in [1.82, 2.24) is 10.6 Å². The minimum absolute atomic E-state index is 0.709. The van der Waals surface area contributed by atoms with Gasteiger partial charge in [-0.3, -0.25) is 0 Å². The second-order valence-corrected chi connectivity index (χ2v) is 2.67. The smallest absolute Gasteiger partial charge is 0.0159 e.